The summed E-state index contributed by atoms with van der Waals surface area (Å²) in [6, 6.07) is 17.9. The Kier molecular flexibility index (Phi) is 5.81. The highest BCUT2D eigenvalue weighted by molar-refractivity contribution is 7.80. The average molecular weight is 421 g/mol. The van der Waals surface area contributed by atoms with Crippen molar-refractivity contribution in [3.8, 4) is 5.69 Å². The number of nitrogens with zero attached hydrogens (tertiary/aromatic N) is 3. The number of aryl methyl sites for hydroxylation is 1. The first kappa shape index (κ1) is 20.1. The minimum absolute atomic E-state index is 0.308. The molecule has 6 nitrogen and oxygen atoms in total. The maximum Gasteiger partial charge on any atom is 0.359 e. The number of benzene rings is 2. The number of carbonyl (C=O) groups excluding carboxylic acids is 1. The van der Waals surface area contributed by atoms with Crippen LogP contribution in [0.25, 0.3) is 5.69 Å². The smallest absolute Gasteiger partial charge is 0.359 e. The van der Waals surface area contributed by atoms with Crippen molar-refractivity contribution in [2.75, 3.05) is 18.5 Å². The number of para-hydroxylation sites is 2. The van der Waals surface area contributed by atoms with Crippen molar-refractivity contribution in [2.24, 2.45) is 0 Å². The first-order chi connectivity index (χ1) is 14.6. The molecule has 0 aliphatic carbocycles. The van der Waals surface area contributed by atoms with Crippen molar-refractivity contribution in [3.05, 3.63) is 77.1 Å². The standard InChI is InChI=1S/C23H24N4O2S/c1-3-29-22(28)21-18-15-26(23(30)24-19-12-8-7-9-16(19)2)14-13-20(18)27(25-21)17-10-5-4-6-11-17/h4-12H,3,13-15H2,1-2H3,(H,24,30). The Labute approximate surface area is 181 Å². The molecule has 0 bridgehead atoms. The topological polar surface area (TPSA) is 59.4 Å². The molecular weight excluding hydrogens is 396 g/mol. The van der Waals surface area contributed by atoms with E-state index in [-0.39, 0.29) is 0 Å². The number of nitrogens with one attached hydrogen (secondary N) is 1. The number of rotatable bonds is 4. The van der Waals surface area contributed by atoms with Crippen molar-refractivity contribution in [1.82, 2.24) is 14.7 Å². The van der Waals surface area contributed by atoms with Gasteiger partial charge >= 0.3 is 5.97 Å². The second-order valence-electron chi connectivity index (χ2n) is 7.16. The summed E-state index contributed by atoms with van der Waals surface area (Å²) < 4.78 is 7.13. The predicted octanol–water partition coefficient (Wildman–Crippen LogP) is 4.11. The van der Waals surface area contributed by atoms with Crippen LogP contribution in [0.5, 0.6) is 0 Å². The van der Waals surface area contributed by atoms with Gasteiger partial charge in [0.05, 0.1) is 18.0 Å². The maximum atomic E-state index is 12.6. The molecule has 0 saturated carbocycles. The number of aromatic nitrogens is 2. The quantitative estimate of drug-likeness (QED) is 0.506. The van der Waals surface area contributed by atoms with E-state index in [2.05, 4.69) is 15.3 Å². The molecule has 0 fully saturated rings. The van der Waals surface area contributed by atoms with Gasteiger partial charge in [-0.15, -0.1) is 0 Å². The van der Waals surface area contributed by atoms with Crippen molar-refractivity contribution < 1.29 is 9.53 Å². The molecule has 1 aliphatic rings. The molecule has 0 unspecified atom stereocenters. The summed E-state index contributed by atoms with van der Waals surface area (Å²) in [6.07, 6.45) is 0.728. The third-order valence-electron chi connectivity index (χ3n) is 5.20. The summed E-state index contributed by atoms with van der Waals surface area (Å²) in [4.78, 5) is 14.7. The van der Waals surface area contributed by atoms with Gasteiger partial charge in [-0.05, 0) is 49.8 Å². The van der Waals surface area contributed by atoms with Gasteiger partial charge in [-0.25, -0.2) is 9.48 Å². The predicted molar refractivity (Wildman–Crippen MR) is 121 cm³/mol. The zero-order valence-electron chi connectivity index (χ0n) is 17.1. The summed E-state index contributed by atoms with van der Waals surface area (Å²) in [5, 5.41) is 8.60. The SMILES string of the molecule is CCOC(=O)c1nn(-c2ccccc2)c2c1CN(C(=S)Nc1ccccc1C)CC2. The average Bonchev–Trinajstić information content (AvgIpc) is 3.15. The summed E-state index contributed by atoms with van der Waals surface area (Å²) in [5.41, 5.74) is 5.30. The molecule has 1 aromatic heterocycles. The van der Waals surface area contributed by atoms with Gasteiger partial charge in [0.2, 0.25) is 0 Å². The van der Waals surface area contributed by atoms with Crippen molar-refractivity contribution >= 4 is 29.0 Å². The van der Waals surface area contributed by atoms with Gasteiger partial charge in [-0.1, -0.05) is 36.4 Å². The molecule has 4 rings (SSSR count). The lowest BCUT2D eigenvalue weighted by atomic mass is 10.1. The van der Waals surface area contributed by atoms with Gasteiger partial charge in [-0.2, -0.15) is 5.10 Å². The summed E-state index contributed by atoms with van der Waals surface area (Å²) in [6.45, 7) is 5.40. The summed E-state index contributed by atoms with van der Waals surface area (Å²) >= 11 is 5.68. The highest BCUT2D eigenvalue weighted by atomic mass is 32.1. The van der Waals surface area contributed by atoms with E-state index < -0.39 is 5.97 Å². The molecule has 3 aromatic rings. The van der Waals surface area contributed by atoms with Gasteiger partial charge in [0.1, 0.15) is 0 Å². The maximum absolute atomic E-state index is 12.6. The molecular formula is C23H24N4O2S. The van der Waals surface area contributed by atoms with Crippen LogP contribution in [-0.2, 0) is 17.7 Å². The van der Waals surface area contributed by atoms with Gasteiger partial charge in [0.15, 0.2) is 10.8 Å². The Morgan fingerprint density at radius 3 is 2.63 bits per heavy atom. The Balaban J connectivity index is 1.64. The Hall–Kier alpha value is -3.19. The van der Waals surface area contributed by atoms with E-state index >= 15 is 0 Å². The van der Waals surface area contributed by atoms with Crippen LogP contribution in [0.4, 0.5) is 5.69 Å². The van der Waals surface area contributed by atoms with E-state index in [9.17, 15) is 4.79 Å². The molecule has 2 aromatic carbocycles. The number of thiocarbonyl (C=S) groups is 1. The number of ether oxygens (including phenoxy) is 1. The lowest BCUT2D eigenvalue weighted by Crippen LogP contribution is -2.39. The second kappa shape index (κ2) is 8.67. The lowest BCUT2D eigenvalue weighted by molar-refractivity contribution is 0.0517. The van der Waals surface area contributed by atoms with E-state index in [4.69, 9.17) is 17.0 Å². The van der Waals surface area contributed by atoms with Crippen LogP contribution < -0.4 is 5.32 Å². The molecule has 154 valence electrons. The first-order valence-corrected chi connectivity index (χ1v) is 10.4. The molecule has 1 N–H and O–H groups in total. The fourth-order valence-corrected chi connectivity index (χ4v) is 3.91. The van der Waals surface area contributed by atoms with Gasteiger partial charge in [0.25, 0.3) is 0 Å². The highest BCUT2D eigenvalue weighted by Gasteiger charge is 2.30. The second-order valence-corrected chi connectivity index (χ2v) is 7.55. The molecule has 1 aliphatic heterocycles. The normalized spacial score (nSPS) is 12.9. The molecule has 2 heterocycles. The molecule has 30 heavy (non-hydrogen) atoms. The van der Waals surface area contributed by atoms with Crippen molar-refractivity contribution in [3.63, 3.8) is 0 Å². The van der Waals surface area contributed by atoms with Gasteiger partial charge in [-0.3, -0.25) is 0 Å². The Morgan fingerprint density at radius 1 is 1.17 bits per heavy atom. The van der Waals surface area contributed by atoms with Gasteiger partial charge in [0, 0.05) is 30.8 Å². The Bertz CT molecular complexity index is 1080. The number of hydrogen-bond donors (Lipinski definition) is 1. The minimum Gasteiger partial charge on any atom is -0.461 e. The number of carbonyl (C=O) groups is 1. The summed E-state index contributed by atoms with van der Waals surface area (Å²) in [5.74, 6) is -0.400. The van der Waals surface area contributed by atoms with Crippen LogP contribution in [0.3, 0.4) is 0 Å². The summed E-state index contributed by atoms with van der Waals surface area (Å²) in [7, 11) is 0. The van der Waals surface area contributed by atoms with E-state index in [0.29, 0.717) is 24.0 Å². The zero-order chi connectivity index (χ0) is 21.1. The molecule has 7 heteroatoms. The molecule has 0 atom stereocenters. The Morgan fingerprint density at radius 2 is 1.90 bits per heavy atom. The zero-order valence-corrected chi connectivity index (χ0v) is 17.9. The largest absolute Gasteiger partial charge is 0.461 e. The number of fused-ring (bicyclic) bond motifs is 1. The van der Waals surface area contributed by atoms with Crippen molar-refractivity contribution in [1.29, 1.82) is 0 Å². The third-order valence-corrected chi connectivity index (χ3v) is 5.56. The number of esters is 1. The van der Waals surface area contributed by atoms with E-state index in [1.807, 2.05) is 66.2 Å². The third kappa shape index (κ3) is 3.93. The fourth-order valence-electron chi connectivity index (χ4n) is 3.65. The highest BCUT2D eigenvalue weighted by Crippen LogP contribution is 2.27. The number of hydrogen-bond acceptors (Lipinski definition) is 4. The van der Waals surface area contributed by atoms with Gasteiger partial charge < -0.3 is 15.0 Å². The molecule has 0 amide bonds. The van der Waals surface area contributed by atoms with E-state index in [0.717, 1.165) is 41.2 Å². The fraction of sp³-hybridized carbons (Fsp3) is 0.261. The van der Waals surface area contributed by atoms with Crippen LogP contribution in [0, 0.1) is 6.92 Å². The number of anilines is 1. The van der Waals surface area contributed by atoms with Crippen molar-refractivity contribution in [2.45, 2.75) is 26.8 Å². The van der Waals surface area contributed by atoms with Crippen LogP contribution in [0.1, 0.15) is 34.2 Å². The minimum atomic E-state index is -0.400. The monoisotopic (exact) mass is 420 g/mol. The van der Waals surface area contributed by atoms with E-state index in [1.165, 1.54) is 0 Å². The molecule has 0 saturated heterocycles. The van der Waals surface area contributed by atoms with Crippen LogP contribution >= 0.6 is 12.2 Å². The molecule has 0 spiro atoms. The van der Waals surface area contributed by atoms with Crippen LogP contribution in [0.15, 0.2) is 54.6 Å². The lowest BCUT2D eigenvalue weighted by Gasteiger charge is -2.30. The van der Waals surface area contributed by atoms with E-state index in [1.54, 1.807) is 6.92 Å². The molecule has 0 radical (unpaired) electrons. The first-order valence-electron chi connectivity index (χ1n) is 10.0. The van der Waals surface area contributed by atoms with Crippen LogP contribution in [0.2, 0.25) is 0 Å². The van der Waals surface area contributed by atoms with Crippen LogP contribution in [-0.4, -0.2) is 38.9 Å².